The summed E-state index contributed by atoms with van der Waals surface area (Å²) in [6.45, 7) is 0.670. The maximum Gasteiger partial charge on any atom is 0.305 e. The Balaban J connectivity index is 1.58. The zero-order valence-corrected chi connectivity index (χ0v) is 16.3. The molecule has 0 spiro atoms. The van der Waals surface area contributed by atoms with Crippen molar-refractivity contribution in [1.29, 1.82) is 0 Å². The van der Waals surface area contributed by atoms with Gasteiger partial charge in [0.2, 0.25) is 5.91 Å². The van der Waals surface area contributed by atoms with Crippen LogP contribution in [0.15, 0.2) is 24.3 Å². The number of amides is 1. The lowest BCUT2D eigenvalue weighted by atomic mass is 9.96. The predicted molar refractivity (Wildman–Crippen MR) is 102 cm³/mol. The molecule has 26 heavy (non-hydrogen) atoms. The predicted octanol–water partition coefficient (Wildman–Crippen LogP) is 3.26. The van der Waals surface area contributed by atoms with E-state index >= 15 is 0 Å². The van der Waals surface area contributed by atoms with Crippen LogP contribution in [-0.4, -0.2) is 48.0 Å². The van der Waals surface area contributed by atoms with E-state index in [1.165, 1.54) is 7.11 Å². The molecule has 3 atom stereocenters. The molecule has 0 aromatic heterocycles. The topological polar surface area (TPSA) is 55.8 Å². The standard InChI is InChI=1S/C20H27NO4S/c1-24-16-9-7-14(8-10-16)12-21-18(22)11-15-13-26-17(20(15)21)5-3-4-6-19(23)25-2/h7-10,15,17,20H,3-6,11-13H2,1-2H3. The molecule has 0 radical (unpaired) electrons. The second kappa shape index (κ2) is 8.80. The SMILES string of the molecule is COC(=O)CCCCC1SCC2CC(=O)N(Cc3ccc(OC)cc3)C21. The van der Waals surface area contributed by atoms with Gasteiger partial charge in [0.15, 0.2) is 0 Å². The molecule has 2 saturated heterocycles. The van der Waals surface area contributed by atoms with Gasteiger partial charge < -0.3 is 14.4 Å². The summed E-state index contributed by atoms with van der Waals surface area (Å²) in [5, 5.41) is 0.474. The molecule has 3 unspecified atom stereocenters. The summed E-state index contributed by atoms with van der Waals surface area (Å²) in [6.07, 6.45) is 4.06. The summed E-state index contributed by atoms with van der Waals surface area (Å²) in [5.41, 5.74) is 1.14. The quantitative estimate of drug-likeness (QED) is 0.514. The summed E-state index contributed by atoms with van der Waals surface area (Å²) in [6, 6.07) is 8.29. The molecular formula is C20H27NO4S. The average Bonchev–Trinajstić information content (AvgIpc) is 3.18. The monoisotopic (exact) mass is 377 g/mol. The summed E-state index contributed by atoms with van der Waals surface area (Å²) >= 11 is 1.99. The molecule has 2 aliphatic heterocycles. The highest BCUT2D eigenvalue weighted by molar-refractivity contribution is 8.00. The number of nitrogens with zero attached hydrogens (tertiary/aromatic N) is 1. The minimum absolute atomic E-state index is 0.140. The van der Waals surface area contributed by atoms with Crippen molar-refractivity contribution in [2.75, 3.05) is 20.0 Å². The Morgan fingerprint density at radius 2 is 2.00 bits per heavy atom. The summed E-state index contributed by atoms with van der Waals surface area (Å²) in [4.78, 5) is 25.9. The van der Waals surface area contributed by atoms with Crippen LogP contribution in [0.1, 0.15) is 37.7 Å². The first-order chi connectivity index (χ1) is 12.6. The number of fused-ring (bicyclic) bond motifs is 1. The Kier molecular flexibility index (Phi) is 6.46. The van der Waals surface area contributed by atoms with Crippen LogP contribution in [0.4, 0.5) is 0 Å². The van der Waals surface area contributed by atoms with Gasteiger partial charge in [0.25, 0.3) is 0 Å². The van der Waals surface area contributed by atoms with Crippen LogP contribution in [0.3, 0.4) is 0 Å². The number of esters is 1. The van der Waals surface area contributed by atoms with Gasteiger partial charge in [-0.15, -0.1) is 0 Å². The molecule has 1 aromatic rings. The van der Waals surface area contributed by atoms with E-state index in [9.17, 15) is 9.59 Å². The maximum atomic E-state index is 12.5. The van der Waals surface area contributed by atoms with Crippen molar-refractivity contribution in [3.63, 3.8) is 0 Å². The molecule has 2 heterocycles. The van der Waals surface area contributed by atoms with E-state index in [0.717, 1.165) is 36.3 Å². The van der Waals surface area contributed by atoms with Gasteiger partial charge in [-0.1, -0.05) is 18.6 Å². The minimum atomic E-state index is -0.140. The van der Waals surface area contributed by atoms with Crippen LogP contribution >= 0.6 is 11.8 Å². The van der Waals surface area contributed by atoms with Crippen molar-refractivity contribution >= 4 is 23.6 Å². The van der Waals surface area contributed by atoms with Crippen LogP contribution in [0.25, 0.3) is 0 Å². The molecular weight excluding hydrogens is 350 g/mol. The lowest BCUT2D eigenvalue weighted by Crippen LogP contribution is -2.39. The number of carbonyl (C=O) groups excluding carboxylic acids is 2. The van der Waals surface area contributed by atoms with Gasteiger partial charge in [-0.05, 0) is 42.2 Å². The number of ether oxygens (including phenoxy) is 2. The second-order valence-corrected chi connectivity index (χ2v) is 8.29. The molecule has 0 saturated carbocycles. The number of rotatable bonds is 8. The number of likely N-dealkylation sites (tertiary alicyclic amines) is 1. The highest BCUT2D eigenvalue weighted by atomic mass is 32.2. The van der Waals surface area contributed by atoms with E-state index in [1.807, 2.05) is 36.0 Å². The van der Waals surface area contributed by atoms with Crippen molar-refractivity contribution in [2.45, 2.75) is 49.9 Å². The van der Waals surface area contributed by atoms with Crippen LogP contribution < -0.4 is 4.74 Å². The Morgan fingerprint density at radius 3 is 2.69 bits per heavy atom. The van der Waals surface area contributed by atoms with Gasteiger partial charge in [-0.25, -0.2) is 0 Å². The fourth-order valence-electron chi connectivity index (χ4n) is 3.98. The van der Waals surface area contributed by atoms with Gasteiger partial charge in [0.05, 0.1) is 14.2 Å². The number of methoxy groups -OCH3 is 2. The van der Waals surface area contributed by atoms with Crippen LogP contribution in [0.2, 0.25) is 0 Å². The third-order valence-electron chi connectivity index (χ3n) is 5.36. The van der Waals surface area contributed by atoms with Crippen LogP contribution in [0, 0.1) is 5.92 Å². The largest absolute Gasteiger partial charge is 0.497 e. The second-order valence-electron chi connectivity index (χ2n) is 7.02. The van der Waals surface area contributed by atoms with E-state index in [1.54, 1.807) is 7.11 Å². The molecule has 0 bridgehead atoms. The zero-order valence-electron chi connectivity index (χ0n) is 15.5. The van der Waals surface area contributed by atoms with Gasteiger partial charge in [-0.2, -0.15) is 11.8 Å². The van der Waals surface area contributed by atoms with Crippen molar-refractivity contribution in [2.24, 2.45) is 5.92 Å². The first-order valence-corrected chi connectivity index (χ1v) is 10.3. The number of hydrogen-bond acceptors (Lipinski definition) is 5. The van der Waals surface area contributed by atoms with Gasteiger partial charge in [-0.3, -0.25) is 9.59 Å². The number of unbranched alkanes of at least 4 members (excludes halogenated alkanes) is 1. The van der Waals surface area contributed by atoms with Gasteiger partial charge in [0, 0.05) is 30.7 Å². The van der Waals surface area contributed by atoms with Crippen molar-refractivity contribution in [3.05, 3.63) is 29.8 Å². The Hall–Kier alpha value is -1.69. The number of thioether (sulfide) groups is 1. The third-order valence-corrected chi connectivity index (χ3v) is 6.93. The molecule has 0 N–H and O–H groups in total. The molecule has 6 heteroatoms. The Labute approximate surface area is 159 Å². The van der Waals surface area contributed by atoms with Crippen molar-refractivity contribution in [3.8, 4) is 5.75 Å². The van der Waals surface area contributed by atoms with Crippen molar-refractivity contribution in [1.82, 2.24) is 4.90 Å². The molecule has 3 rings (SSSR count). The molecule has 0 aliphatic carbocycles. The van der Waals surface area contributed by atoms with E-state index in [-0.39, 0.29) is 11.9 Å². The average molecular weight is 378 g/mol. The van der Waals surface area contributed by atoms with E-state index in [0.29, 0.717) is 36.6 Å². The molecule has 1 amide bonds. The summed E-state index contributed by atoms with van der Waals surface area (Å²) in [7, 11) is 3.09. The summed E-state index contributed by atoms with van der Waals surface area (Å²) < 4.78 is 9.91. The number of hydrogen-bond donors (Lipinski definition) is 0. The molecule has 2 aliphatic rings. The first-order valence-electron chi connectivity index (χ1n) is 9.23. The van der Waals surface area contributed by atoms with Crippen LogP contribution in [0.5, 0.6) is 5.75 Å². The van der Waals surface area contributed by atoms with Gasteiger partial charge in [0.1, 0.15) is 5.75 Å². The lowest BCUT2D eigenvalue weighted by molar-refractivity contribution is -0.140. The van der Waals surface area contributed by atoms with Crippen LogP contribution in [-0.2, 0) is 20.9 Å². The first kappa shape index (κ1) is 19.1. The van der Waals surface area contributed by atoms with E-state index < -0.39 is 0 Å². The van der Waals surface area contributed by atoms with E-state index in [4.69, 9.17) is 9.47 Å². The zero-order chi connectivity index (χ0) is 18.5. The van der Waals surface area contributed by atoms with Gasteiger partial charge >= 0.3 is 5.97 Å². The minimum Gasteiger partial charge on any atom is -0.497 e. The summed E-state index contributed by atoms with van der Waals surface area (Å²) in [5.74, 6) is 2.50. The molecule has 142 valence electrons. The Bertz CT molecular complexity index is 633. The fourth-order valence-corrected chi connectivity index (χ4v) is 5.69. The van der Waals surface area contributed by atoms with Crippen molar-refractivity contribution < 1.29 is 19.1 Å². The van der Waals surface area contributed by atoms with E-state index in [2.05, 4.69) is 4.90 Å². The maximum absolute atomic E-state index is 12.5. The highest BCUT2D eigenvalue weighted by Crippen LogP contribution is 2.44. The normalized spacial score (nSPS) is 24.6. The third kappa shape index (κ3) is 4.34. The molecule has 2 fully saturated rings. The lowest BCUT2D eigenvalue weighted by Gasteiger charge is -2.29. The fraction of sp³-hybridized carbons (Fsp3) is 0.600. The molecule has 5 nitrogen and oxygen atoms in total. The highest BCUT2D eigenvalue weighted by Gasteiger charge is 2.47. The Morgan fingerprint density at radius 1 is 1.23 bits per heavy atom. The number of carbonyl (C=O) groups is 2. The molecule has 1 aromatic carbocycles. The smallest absolute Gasteiger partial charge is 0.305 e. The number of benzene rings is 1.